The fourth-order valence-corrected chi connectivity index (χ4v) is 5.07. The summed E-state index contributed by atoms with van der Waals surface area (Å²) in [6, 6.07) is 3.95. The van der Waals surface area contributed by atoms with Crippen molar-refractivity contribution in [1.82, 2.24) is 0 Å². The van der Waals surface area contributed by atoms with Gasteiger partial charge < -0.3 is 23.7 Å². The first-order valence-electron chi connectivity index (χ1n) is 14.9. The highest BCUT2D eigenvalue weighted by atomic mass is 16.7. The van der Waals surface area contributed by atoms with E-state index in [0.717, 1.165) is 18.4 Å². The number of nitrogens with zero attached hydrogens (tertiary/aromatic N) is 1. The Bertz CT molecular complexity index is 965. The Morgan fingerprint density at radius 1 is 0.683 bits per heavy atom. The molecule has 10 heteroatoms. The van der Waals surface area contributed by atoms with Gasteiger partial charge in [0, 0.05) is 39.8 Å². The van der Waals surface area contributed by atoms with Crippen LogP contribution in [0.1, 0.15) is 111 Å². The third-order valence-corrected chi connectivity index (χ3v) is 7.00. The molecule has 1 aliphatic heterocycles. The molecular formula is C31H48NO9+. The van der Waals surface area contributed by atoms with Gasteiger partial charge in [-0.05, 0) is 18.4 Å². The second-order valence-electron chi connectivity index (χ2n) is 10.7. The van der Waals surface area contributed by atoms with Crippen LogP contribution in [-0.2, 0) is 49.3 Å². The van der Waals surface area contributed by atoms with E-state index in [0.29, 0.717) is 0 Å². The molecule has 2 rings (SSSR count). The fourth-order valence-electron chi connectivity index (χ4n) is 5.07. The number of unbranched alkanes of at least 4 members (excludes halogenated alkanes) is 9. The summed E-state index contributed by atoms with van der Waals surface area (Å²) >= 11 is 0. The van der Waals surface area contributed by atoms with Crippen LogP contribution in [0.25, 0.3) is 0 Å². The van der Waals surface area contributed by atoms with Crippen molar-refractivity contribution in [3.8, 4) is 0 Å². The topological polar surface area (TPSA) is 118 Å². The van der Waals surface area contributed by atoms with Crippen molar-refractivity contribution in [2.45, 2.75) is 136 Å². The highest BCUT2D eigenvalue weighted by Crippen LogP contribution is 2.32. The molecule has 230 valence electrons. The minimum Gasteiger partial charge on any atom is -0.463 e. The summed E-state index contributed by atoms with van der Waals surface area (Å²) in [5, 5.41) is 0. The van der Waals surface area contributed by atoms with Gasteiger partial charge in [-0.3, -0.25) is 19.2 Å². The number of ether oxygens (including phenoxy) is 5. The zero-order chi connectivity index (χ0) is 30.2. The number of esters is 4. The first-order valence-corrected chi connectivity index (χ1v) is 14.9. The Morgan fingerprint density at radius 2 is 1.17 bits per heavy atom. The molecular weight excluding hydrogens is 530 g/mol. The van der Waals surface area contributed by atoms with Crippen molar-refractivity contribution >= 4 is 23.9 Å². The molecule has 0 bridgehead atoms. The monoisotopic (exact) mass is 578 g/mol. The van der Waals surface area contributed by atoms with Gasteiger partial charge >= 0.3 is 30.1 Å². The van der Waals surface area contributed by atoms with Gasteiger partial charge in [-0.25, -0.2) is 0 Å². The predicted octanol–water partition coefficient (Wildman–Crippen LogP) is 4.69. The number of carbonyl (C=O) groups excluding carboxylic acids is 4. The molecule has 0 aliphatic carbocycles. The number of rotatable bonds is 17. The van der Waals surface area contributed by atoms with Crippen LogP contribution in [0.2, 0.25) is 0 Å². The van der Waals surface area contributed by atoms with Gasteiger partial charge in [-0.15, -0.1) is 0 Å². The molecule has 0 unspecified atom stereocenters. The van der Waals surface area contributed by atoms with Gasteiger partial charge in [-0.1, -0.05) is 64.7 Å². The van der Waals surface area contributed by atoms with Crippen LogP contribution < -0.4 is 4.57 Å². The van der Waals surface area contributed by atoms with E-state index >= 15 is 0 Å². The van der Waals surface area contributed by atoms with Crippen LogP contribution in [-0.4, -0.2) is 54.9 Å². The Morgan fingerprint density at radius 3 is 1.68 bits per heavy atom. The molecule has 5 atom stereocenters. The van der Waals surface area contributed by atoms with E-state index in [1.54, 1.807) is 4.57 Å². The summed E-state index contributed by atoms with van der Waals surface area (Å²) in [6.07, 6.45) is 11.9. The molecule has 1 fully saturated rings. The van der Waals surface area contributed by atoms with E-state index in [4.69, 9.17) is 23.7 Å². The van der Waals surface area contributed by atoms with Crippen molar-refractivity contribution in [1.29, 1.82) is 0 Å². The maximum atomic E-state index is 12.1. The molecule has 10 nitrogen and oxygen atoms in total. The molecule has 1 aromatic rings. The Labute approximate surface area is 244 Å². The second-order valence-corrected chi connectivity index (χ2v) is 10.7. The normalized spacial score (nSPS) is 22.0. The van der Waals surface area contributed by atoms with E-state index < -0.39 is 54.5 Å². The lowest BCUT2D eigenvalue weighted by Crippen LogP contribution is -2.65. The first kappa shape index (κ1) is 34.2. The van der Waals surface area contributed by atoms with Crippen molar-refractivity contribution in [3.05, 3.63) is 30.1 Å². The summed E-state index contributed by atoms with van der Waals surface area (Å²) in [5.74, 6) is -2.50. The zero-order valence-electron chi connectivity index (χ0n) is 25.3. The SMILES string of the molecule is CCCCCCCCCCCCc1cc[n+]([C@@H]2O[C@H](COC(C)=O)[C@@H](OC(C)=O)[C@H](OC(C)=O)[C@H]2OC(C)=O)cc1. The van der Waals surface area contributed by atoms with Crippen molar-refractivity contribution in [2.75, 3.05) is 6.61 Å². The van der Waals surface area contributed by atoms with E-state index in [1.807, 2.05) is 24.5 Å². The Hall–Kier alpha value is -3.01. The quantitative estimate of drug-likeness (QED) is 0.112. The predicted molar refractivity (Wildman–Crippen MR) is 149 cm³/mol. The van der Waals surface area contributed by atoms with Crippen molar-refractivity contribution in [2.24, 2.45) is 0 Å². The number of carbonyl (C=O) groups is 4. The van der Waals surface area contributed by atoms with Crippen LogP contribution in [0.4, 0.5) is 0 Å². The zero-order valence-corrected chi connectivity index (χ0v) is 25.3. The van der Waals surface area contributed by atoms with Gasteiger partial charge in [-0.2, -0.15) is 4.57 Å². The molecule has 41 heavy (non-hydrogen) atoms. The minimum absolute atomic E-state index is 0.258. The molecule has 0 N–H and O–H groups in total. The fraction of sp³-hybridized carbons (Fsp3) is 0.710. The van der Waals surface area contributed by atoms with E-state index in [1.165, 1.54) is 85.5 Å². The number of hydrogen-bond donors (Lipinski definition) is 0. The third kappa shape index (κ3) is 12.6. The number of hydrogen-bond acceptors (Lipinski definition) is 9. The summed E-state index contributed by atoms with van der Waals surface area (Å²) in [6.45, 7) is 6.86. The maximum absolute atomic E-state index is 12.1. The van der Waals surface area contributed by atoms with E-state index in [2.05, 4.69) is 6.92 Å². The molecule has 1 saturated heterocycles. The van der Waals surface area contributed by atoms with Gasteiger partial charge in [0.05, 0.1) is 0 Å². The summed E-state index contributed by atoms with van der Waals surface area (Å²) < 4.78 is 29.6. The first-order chi connectivity index (χ1) is 19.6. The van der Waals surface area contributed by atoms with E-state index in [9.17, 15) is 19.2 Å². The average molecular weight is 579 g/mol. The highest BCUT2D eigenvalue weighted by Gasteiger charge is 2.56. The molecule has 1 aromatic heterocycles. The molecule has 0 saturated carbocycles. The van der Waals surface area contributed by atoms with Crippen LogP contribution in [0.5, 0.6) is 0 Å². The molecule has 0 radical (unpaired) electrons. The number of aromatic nitrogens is 1. The lowest BCUT2D eigenvalue weighted by Gasteiger charge is -2.41. The Balaban J connectivity index is 2.11. The smallest absolute Gasteiger partial charge is 0.304 e. The minimum atomic E-state index is -1.20. The summed E-state index contributed by atoms with van der Waals surface area (Å²) in [5.41, 5.74) is 1.16. The second kappa shape index (κ2) is 18.4. The average Bonchev–Trinajstić information content (AvgIpc) is 2.90. The highest BCUT2D eigenvalue weighted by molar-refractivity contribution is 5.68. The van der Waals surface area contributed by atoms with Crippen LogP contribution >= 0.6 is 0 Å². The molecule has 0 aromatic carbocycles. The summed E-state index contributed by atoms with van der Waals surface area (Å²) in [4.78, 5) is 47.6. The molecule has 0 spiro atoms. The van der Waals surface area contributed by atoms with Gasteiger partial charge in [0.25, 0.3) is 0 Å². The molecule has 2 heterocycles. The molecule has 1 aliphatic rings. The maximum Gasteiger partial charge on any atom is 0.304 e. The number of aryl methyl sites for hydroxylation is 1. The summed E-state index contributed by atoms with van der Waals surface area (Å²) in [7, 11) is 0. The van der Waals surface area contributed by atoms with Gasteiger partial charge in [0.15, 0.2) is 24.6 Å². The van der Waals surface area contributed by atoms with Crippen molar-refractivity contribution < 1.29 is 47.4 Å². The van der Waals surface area contributed by atoms with Gasteiger partial charge in [0.1, 0.15) is 12.7 Å². The Kier molecular flexibility index (Phi) is 15.4. The van der Waals surface area contributed by atoms with Crippen molar-refractivity contribution in [3.63, 3.8) is 0 Å². The van der Waals surface area contributed by atoms with Crippen LogP contribution in [0.3, 0.4) is 0 Å². The lowest BCUT2D eigenvalue weighted by molar-refractivity contribution is -0.777. The van der Waals surface area contributed by atoms with Gasteiger partial charge in [0.2, 0.25) is 6.10 Å². The standard InChI is InChI=1S/C31H48NO9/c1-6-7-8-9-10-11-12-13-14-15-16-26-17-19-32(20-18-26)31-30(40-25(5)36)29(39-24(4)35)28(38-23(3)34)27(41-31)21-37-22(2)33/h17-20,27-31H,6-16,21H2,1-5H3/q+1/t27-,28-,29+,30-,31-/m1/s1. The van der Waals surface area contributed by atoms with E-state index in [-0.39, 0.29) is 6.61 Å². The lowest BCUT2D eigenvalue weighted by atomic mass is 9.97. The third-order valence-electron chi connectivity index (χ3n) is 7.00. The number of pyridine rings is 1. The van der Waals surface area contributed by atoms with Crippen LogP contribution in [0, 0.1) is 0 Å². The molecule has 0 amide bonds. The van der Waals surface area contributed by atoms with Crippen LogP contribution in [0.15, 0.2) is 24.5 Å². The largest absolute Gasteiger partial charge is 0.463 e.